The van der Waals surface area contributed by atoms with Gasteiger partial charge in [-0.1, -0.05) is 25.3 Å². The van der Waals surface area contributed by atoms with E-state index < -0.39 is 15.6 Å². The molecule has 0 bridgehead atoms. The van der Waals surface area contributed by atoms with Crippen LogP contribution in [0.15, 0.2) is 29.2 Å². The molecule has 1 amide bonds. The topological polar surface area (TPSA) is 115 Å². The summed E-state index contributed by atoms with van der Waals surface area (Å²) < 4.78 is 22.6. The van der Waals surface area contributed by atoms with Crippen LogP contribution in [0.1, 0.15) is 38.5 Å². The summed E-state index contributed by atoms with van der Waals surface area (Å²) in [5.41, 5.74) is 6.20. The lowest BCUT2D eigenvalue weighted by atomic mass is 9.80. The van der Waals surface area contributed by atoms with Crippen LogP contribution >= 0.6 is 0 Å². The van der Waals surface area contributed by atoms with E-state index in [9.17, 15) is 13.2 Å². The van der Waals surface area contributed by atoms with Crippen molar-refractivity contribution >= 4 is 21.6 Å². The maximum absolute atomic E-state index is 12.1. The van der Waals surface area contributed by atoms with Gasteiger partial charge in [0.25, 0.3) is 0 Å². The standard InChI is InChI=1S/C14H21N3O3S/c15-14(7-2-1-3-8-14)10-13(18)17-11-5-4-6-12(9-11)21(16,19)20/h4-6,9H,1-3,7-8,10,15H2,(H,17,18)(H2,16,19,20). The molecule has 1 fully saturated rings. The molecule has 116 valence electrons. The van der Waals surface area contributed by atoms with Gasteiger partial charge in [-0.15, -0.1) is 0 Å². The Balaban J connectivity index is 2.03. The first-order valence-corrected chi connectivity index (χ1v) is 8.55. The molecular weight excluding hydrogens is 290 g/mol. The minimum atomic E-state index is -3.78. The van der Waals surface area contributed by atoms with Crippen molar-refractivity contribution in [2.24, 2.45) is 10.9 Å². The molecule has 0 saturated heterocycles. The van der Waals surface area contributed by atoms with Crippen molar-refractivity contribution < 1.29 is 13.2 Å². The average Bonchev–Trinajstić information content (AvgIpc) is 2.38. The van der Waals surface area contributed by atoms with Gasteiger partial charge in [-0.25, -0.2) is 13.6 Å². The van der Waals surface area contributed by atoms with Crippen molar-refractivity contribution in [3.63, 3.8) is 0 Å². The summed E-state index contributed by atoms with van der Waals surface area (Å²) in [6.07, 6.45) is 5.19. The fourth-order valence-electron chi connectivity index (χ4n) is 2.71. The quantitative estimate of drug-likeness (QED) is 0.777. The fraction of sp³-hybridized carbons (Fsp3) is 0.500. The molecule has 2 rings (SSSR count). The summed E-state index contributed by atoms with van der Waals surface area (Å²) in [7, 11) is -3.78. The molecule has 1 saturated carbocycles. The number of nitrogens with one attached hydrogen (secondary N) is 1. The van der Waals surface area contributed by atoms with Crippen LogP contribution in [0.5, 0.6) is 0 Å². The Labute approximate surface area is 124 Å². The van der Waals surface area contributed by atoms with Crippen molar-refractivity contribution in [3.8, 4) is 0 Å². The lowest BCUT2D eigenvalue weighted by molar-refractivity contribution is -0.117. The first-order chi connectivity index (χ1) is 9.78. The molecule has 1 aromatic carbocycles. The summed E-state index contributed by atoms with van der Waals surface area (Å²) in [6.45, 7) is 0. The van der Waals surface area contributed by atoms with Crippen LogP contribution in [0.25, 0.3) is 0 Å². The highest BCUT2D eigenvalue weighted by atomic mass is 32.2. The van der Waals surface area contributed by atoms with Crippen LogP contribution in [-0.4, -0.2) is 19.9 Å². The number of hydrogen-bond donors (Lipinski definition) is 3. The number of rotatable bonds is 4. The second-order valence-electron chi connectivity index (χ2n) is 5.72. The van der Waals surface area contributed by atoms with Gasteiger partial charge in [0.05, 0.1) is 4.90 Å². The van der Waals surface area contributed by atoms with Gasteiger partial charge in [-0.2, -0.15) is 0 Å². The zero-order chi connectivity index (χ0) is 15.5. The largest absolute Gasteiger partial charge is 0.326 e. The van der Waals surface area contributed by atoms with Crippen molar-refractivity contribution in [1.82, 2.24) is 0 Å². The van der Waals surface area contributed by atoms with E-state index in [0.717, 1.165) is 32.1 Å². The SMILES string of the molecule is NC1(CC(=O)Nc2cccc(S(N)(=O)=O)c2)CCCCC1. The van der Waals surface area contributed by atoms with Crippen LogP contribution in [0.4, 0.5) is 5.69 Å². The third-order valence-electron chi connectivity index (χ3n) is 3.81. The summed E-state index contributed by atoms with van der Waals surface area (Å²) in [5, 5.41) is 7.75. The lowest BCUT2D eigenvalue weighted by Crippen LogP contribution is -2.44. The predicted molar refractivity (Wildman–Crippen MR) is 81.1 cm³/mol. The van der Waals surface area contributed by atoms with Gasteiger partial charge >= 0.3 is 0 Å². The van der Waals surface area contributed by atoms with E-state index in [1.165, 1.54) is 18.2 Å². The number of hydrogen-bond acceptors (Lipinski definition) is 4. The van der Waals surface area contributed by atoms with Crippen molar-refractivity contribution in [1.29, 1.82) is 0 Å². The zero-order valence-corrected chi connectivity index (χ0v) is 12.7. The van der Waals surface area contributed by atoms with E-state index in [2.05, 4.69) is 5.32 Å². The number of benzene rings is 1. The number of primary sulfonamides is 1. The average molecular weight is 311 g/mol. The van der Waals surface area contributed by atoms with Gasteiger partial charge in [-0.05, 0) is 31.0 Å². The second kappa shape index (κ2) is 6.13. The Morgan fingerprint density at radius 3 is 2.52 bits per heavy atom. The lowest BCUT2D eigenvalue weighted by Gasteiger charge is -2.32. The smallest absolute Gasteiger partial charge is 0.238 e. The number of anilines is 1. The minimum absolute atomic E-state index is 0.0274. The van der Waals surface area contributed by atoms with Crippen molar-refractivity contribution in [2.75, 3.05) is 5.32 Å². The molecule has 7 heteroatoms. The Kier molecular flexibility index (Phi) is 4.65. The Bertz CT molecular complexity index is 622. The van der Waals surface area contributed by atoms with Gasteiger partial charge in [0.15, 0.2) is 0 Å². The predicted octanol–water partition coefficient (Wildman–Crippen LogP) is 1.32. The zero-order valence-electron chi connectivity index (χ0n) is 11.8. The van der Waals surface area contributed by atoms with E-state index in [1.54, 1.807) is 6.07 Å². The third-order valence-corrected chi connectivity index (χ3v) is 4.72. The Morgan fingerprint density at radius 2 is 1.90 bits per heavy atom. The molecule has 6 nitrogen and oxygen atoms in total. The highest BCUT2D eigenvalue weighted by molar-refractivity contribution is 7.89. The molecule has 1 aromatic rings. The summed E-state index contributed by atoms with van der Waals surface area (Å²) in [4.78, 5) is 12.0. The molecule has 1 aliphatic carbocycles. The number of carbonyl (C=O) groups is 1. The molecule has 0 aliphatic heterocycles. The Morgan fingerprint density at radius 1 is 1.24 bits per heavy atom. The number of sulfonamides is 1. The maximum Gasteiger partial charge on any atom is 0.238 e. The molecule has 0 unspecified atom stereocenters. The van der Waals surface area contributed by atoms with Gasteiger partial charge in [-0.3, -0.25) is 4.79 Å². The fourth-order valence-corrected chi connectivity index (χ4v) is 3.27. The normalized spacial score (nSPS) is 18.2. The van der Waals surface area contributed by atoms with E-state index in [0.29, 0.717) is 5.69 Å². The molecule has 0 atom stereocenters. The number of nitrogens with two attached hydrogens (primary N) is 2. The number of amides is 1. The van der Waals surface area contributed by atoms with E-state index in [1.807, 2.05) is 0 Å². The maximum atomic E-state index is 12.1. The molecular formula is C14H21N3O3S. The summed E-state index contributed by atoms with van der Waals surface area (Å²) >= 11 is 0. The van der Waals surface area contributed by atoms with Gasteiger partial charge in [0.2, 0.25) is 15.9 Å². The summed E-state index contributed by atoms with van der Waals surface area (Å²) in [5.74, 6) is -0.203. The van der Waals surface area contributed by atoms with Crippen LogP contribution in [0, 0.1) is 0 Å². The van der Waals surface area contributed by atoms with E-state index in [-0.39, 0.29) is 17.2 Å². The first-order valence-electron chi connectivity index (χ1n) is 7.00. The van der Waals surface area contributed by atoms with Crippen LogP contribution < -0.4 is 16.2 Å². The van der Waals surface area contributed by atoms with Crippen molar-refractivity contribution in [2.45, 2.75) is 49.0 Å². The van der Waals surface area contributed by atoms with Crippen LogP contribution in [-0.2, 0) is 14.8 Å². The molecule has 0 spiro atoms. The molecule has 5 N–H and O–H groups in total. The molecule has 1 aliphatic rings. The third kappa shape index (κ3) is 4.52. The molecule has 0 aromatic heterocycles. The van der Waals surface area contributed by atoms with Crippen LogP contribution in [0.3, 0.4) is 0 Å². The van der Waals surface area contributed by atoms with Gasteiger partial charge in [0, 0.05) is 17.6 Å². The second-order valence-corrected chi connectivity index (χ2v) is 7.28. The first kappa shape index (κ1) is 15.9. The van der Waals surface area contributed by atoms with Crippen LogP contribution in [0.2, 0.25) is 0 Å². The van der Waals surface area contributed by atoms with Crippen molar-refractivity contribution in [3.05, 3.63) is 24.3 Å². The highest BCUT2D eigenvalue weighted by Crippen LogP contribution is 2.29. The monoisotopic (exact) mass is 311 g/mol. The summed E-state index contributed by atoms with van der Waals surface area (Å²) in [6, 6.07) is 5.89. The molecule has 21 heavy (non-hydrogen) atoms. The van der Waals surface area contributed by atoms with Gasteiger partial charge in [0.1, 0.15) is 0 Å². The van der Waals surface area contributed by atoms with Gasteiger partial charge < -0.3 is 11.1 Å². The number of carbonyl (C=O) groups excluding carboxylic acids is 1. The Hall–Kier alpha value is -1.44. The minimum Gasteiger partial charge on any atom is -0.326 e. The highest BCUT2D eigenvalue weighted by Gasteiger charge is 2.30. The molecule has 0 radical (unpaired) electrons. The molecule has 0 heterocycles. The van der Waals surface area contributed by atoms with E-state index in [4.69, 9.17) is 10.9 Å². The van der Waals surface area contributed by atoms with E-state index >= 15 is 0 Å².